The number of carbonyl (C=O) groups is 2. The summed E-state index contributed by atoms with van der Waals surface area (Å²) in [5.74, 6) is -0.114. The monoisotopic (exact) mass is 343 g/mol. The summed E-state index contributed by atoms with van der Waals surface area (Å²) >= 11 is 0. The van der Waals surface area contributed by atoms with E-state index in [1.807, 2.05) is 0 Å². The van der Waals surface area contributed by atoms with E-state index in [0.717, 1.165) is 12.8 Å². The summed E-state index contributed by atoms with van der Waals surface area (Å²) in [6, 6.07) is 0. The van der Waals surface area contributed by atoms with Gasteiger partial charge in [0.1, 0.15) is 13.2 Å². The van der Waals surface area contributed by atoms with E-state index in [4.69, 9.17) is 4.74 Å². The minimum atomic E-state index is -0.114. The summed E-state index contributed by atoms with van der Waals surface area (Å²) in [4.78, 5) is 21.4. The number of hydrogen-bond donors (Lipinski definition) is 1. The molecule has 0 saturated heterocycles. The lowest BCUT2D eigenvalue weighted by atomic mass is 10.1. The van der Waals surface area contributed by atoms with Crippen LogP contribution in [-0.4, -0.2) is 38.7 Å². The lowest BCUT2D eigenvalue weighted by molar-refractivity contribution is -0.143. The summed E-state index contributed by atoms with van der Waals surface area (Å²) in [5.41, 5.74) is 0. The molecule has 0 aliphatic carbocycles. The quantitative estimate of drug-likeness (QED) is 0.218. The second-order valence-corrected chi connectivity index (χ2v) is 6.22. The van der Waals surface area contributed by atoms with Gasteiger partial charge in [-0.1, -0.05) is 71.1 Å². The number of nitrogens with one attached hydrogen (secondary N) is 1. The van der Waals surface area contributed by atoms with Crippen LogP contribution in [-0.2, 0) is 19.1 Å². The predicted molar refractivity (Wildman–Crippen MR) is 96.9 cm³/mol. The topological polar surface area (TPSA) is 64.6 Å². The van der Waals surface area contributed by atoms with Gasteiger partial charge in [0.15, 0.2) is 0 Å². The first kappa shape index (κ1) is 22.9. The molecule has 0 bridgehead atoms. The van der Waals surface area contributed by atoms with Crippen molar-refractivity contribution in [2.45, 2.75) is 84.0 Å². The van der Waals surface area contributed by atoms with E-state index < -0.39 is 0 Å². The van der Waals surface area contributed by atoms with Gasteiger partial charge in [-0.05, 0) is 6.42 Å². The molecule has 0 atom stereocenters. The summed E-state index contributed by atoms with van der Waals surface area (Å²) in [7, 11) is 0. The van der Waals surface area contributed by atoms with Crippen molar-refractivity contribution in [2.24, 2.45) is 0 Å². The fourth-order valence-corrected chi connectivity index (χ4v) is 2.55. The fourth-order valence-electron chi connectivity index (χ4n) is 2.55. The molecule has 0 aliphatic heterocycles. The first-order chi connectivity index (χ1) is 11.8. The molecule has 1 N–H and O–H groups in total. The maximum atomic E-state index is 11.5. The van der Waals surface area contributed by atoms with Crippen molar-refractivity contribution < 1.29 is 19.1 Å². The zero-order chi connectivity index (χ0) is 17.7. The molecule has 24 heavy (non-hydrogen) atoms. The number of unbranched alkanes of at least 4 members (excludes halogenated alkanes) is 10. The molecular formula is C19H37NO4. The van der Waals surface area contributed by atoms with Gasteiger partial charge in [-0.15, -0.1) is 0 Å². The van der Waals surface area contributed by atoms with Gasteiger partial charge in [0.25, 0.3) is 6.47 Å². The molecule has 0 amide bonds. The summed E-state index contributed by atoms with van der Waals surface area (Å²) in [6.45, 7) is 4.56. The van der Waals surface area contributed by atoms with Crippen LogP contribution in [0.2, 0.25) is 0 Å². The van der Waals surface area contributed by atoms with Crippen LogP contribution in [0.3, 0.4) is 0 Å². The highest BCUT2D eigenvalue weighted by atomic mass is 16.5. The Labute approximate surface area is 147 Å². The number of hydrogen-bond acceptors (Lipinski definition) is 5. The molecule has 5 heteroatoms. The van der Waals surface area contributed by atoms with E-state index in [9.17, 15) is 9.59 Å². The molecule has 0 heterocycles. The number of rotatable bonds is 19. The first-order valence-electron chi connectivity index (χ1n) is 9.72. The third-order valence-electron chi connectivity index (χ3n) is 3.99. The Hall–Kier alpha value is -1.10. The van der Waals surface area contributed by atoms with Crippen molar-refractivity contribution in [3.63, 3.8) is 0 Å². The van der Waals surface area contributed by atoms with Crippen LogP contribution in [0.15, 0.2) is 0 Å². The predicted octanol–water partition coefficient (Wildman–Crippen LogP) is 3.99. The molecule has 0 rings (SSSR count). The number of carbonyl (C=O) groups excluding carboxylic acids is 2. The van der Waals surface area contributed by atoms with E-state index in [-0.39, 0.29) is 5.97 Å². The smallest absolute Gasteiger partial charge is 0.305 e. The molecule has 142 valence electrons. The van der Waals surface area contributed by atoms with E-state index in [0.29, 0.717) is 39.2 Å². The van der Waals surface area contributed by atoms with Crippen LogP contribution >= 0.6 is 0 Å². The van der Waals surface area contributed by atoms with Gasteiger partial charge < -0.3 is 14.8 Å². The molecule has 0 unspecified atom stereocenters. The Kier molecular flexibility index (Phi) is 19.0. The second kappa shape index (κ2) is 19.9. The SMILES string of the molecule is CCCCCCCCCCCCCC(=O)OCCNCCOC=O. The number of ether oxygens (including phenoxy) is 2. The molecular weight excluding hydrogens is 306 g/mol. The molecule has 0 aliphatic rings. The maximum absolute atomic E-state index is 11.5. The lowest BCUT2D eigenvalue weighted by Crippen LogP contribution is -2.24. The Bertz CT molecular complexity index is 285. The van der Waals surface area contributed by atoms with E-state index in [1.54, 1.807) is 0 Å². The van der Waals surface area contributed by atoms with Gasteiger partial charge in [0, 0.05) is 19.5 Å². The van der Waals surface area contributed by atoms with E-state index in [1.165, 1.54) is 57.8 Å². The Morgan fingerprint density at radius 1 is 0.833 bits per heavy atom. The Morgan fingerprint density at radius 3 is 1.96 bits per heavy atom. The first-order valence-corrected chi connectivity index (χ1v) is 9.72. The molecule has 0 aromatic rings. The summed E-state index contributed by atoms with van der Waals surface area (Å²) < 4.78 is 9.66. The summed E-state index contributed by atoms with van der Waals surface area (Å²) in [6.07, 6.45) is 14.6. The molecule has 0 fully saturated rings. The Balaban J connectivity index is 3.13. The molecule has 0 saturated carbocycles. The molecule has 0 aromatic heterocycles. The standard InChI is InChI=1S/C19H37NO4/c1-2-3-4-5-6-7-8-9-10-11-12-13-19(22)24-17-15-20-14-16-23-18-21/h18,20H,2-17H2,1H3. The van der Waals surface area contributed by atoms with Crippen LogP contribution in [0.5, 0.6) is 0 Å². The van der Waals surface area contributed by atoms with Gasteiger partial charge in [0.05, 0.1) is 0 Å². The van der Waals surface area contributed by atoms with Crippen molar-refractivity contribution in [3.05, 3.63) is 0 Å². The van der Waals surface area contributed by atoms with Gasteiger partial charge >= 0.3 is 5.97 Å². The molecule has 5 nitrogen and oxygen atoms in total. The largest absolute Gasteiger partial charge is 0.467 e. The van der Waals surface area contributed by atoms with Crippen molar-refractivity contribution in [1.82, 2.24) is 5.32 Å². The van der Waals surface area contributed by atoms with Crippen LogP contribution < -0.4 is 5.32 Å². The van der Waals surface area contributed by atoms with Gasteiger partial charge in [0.2, 0.25) is 0 Å². The molecule has 0 spiro atoms. The third kappa shape index (κ3) is 18.9. The van der Waals surface area contributed by atoms with Crippen molar-refractivity contribution in [3.8, 4) is 0 Å². The van der Waals surface area contributed by atoms with Crippen molar-refractivity contribution in [1.29, 1.82) is 0 Å². The van der Waals surface area contributed by atoms with Gasteiger partial charge in [-0.3, -0.25) is 9.59 Å². The highest BCUT2D eigenvalue weighted by Gasteiger charge is 2.02. The highest BCUT2D eigenvalue weighted by molar-refractivity contribution is 5.69. The van der Waals surface area contributed by atoms with Crippen LogP contribution in [0.4, 0.5) is 0 Å². The molecule has 0 aromatic carbocycles. The normalized spacial score (nSPS) is 10.5. The van der Waals surface area contributed by atoms with Crippen LogP contribution in [0.1, 0.15) is 84.0 Å². The fraction of sp³-hybridized carbons (Fsp3) is 0.895. The average Bonchev–Trinajstić information content (AvgIpc) is 2.59. The van der Waals surface area contributed by atoms with Crippen LogP contribution in [0, 0.1) is 0 Å². The Morgan fingerprint density at radius 2 is 1.38 bits per heavy atom. The molecule has 0 radical (unpaired) electrons. The lowest BCUT2D eigenvalue weighted by Gasteiger charge is -2.06. The average molecular weight is 344 g/mol. The zero-order valence-corrected chi connectivity index (χ0v) is 15.5. The second-order valence-electron chi connectivity index (χ2n) is 6.22. The van der Waals surface area contributed by atoms with Gasteiger partial charge in [-0.2, -0.15) is 0 Å². The van der Waals surface area contributed by atoms with Crippen LogP contribution in [0.25, 0.3) is 0 Å². The highest BCUT2D eigenvalue weighted by Crippen LogP contribution is 2.12. The maximum Gasteiger partial charge on any atom is 0.305 e. The zero-order valence-electron chi connectivity index (χ0n) is 15.5. The minimum Gasteiger partial charge on any atom is -0.467 e. The van der Waals surface area contributed by atoms with E-state index >= 15 is 0 Å². The van der Waals surface area contributed by atoms with Gasteiger partial charge in [-0.25, -0.2) is 0 Å². The summed E-state index contributed by atoms with van der Waals surface area (Å²) in [5, 5.41) is 3.03. The van der Waals surface area contributed by atoms with E-state index in [2.05, 4.69) is 17.0 Å². The number of esters is 1. The minimum absolute atomic E-state index is 0.114. The van der Waals surface area contributed by atoms with Crippen molar-refractivity contribution in [2.75, 3.05) is 26.3 Å². The third-order valence-corrected chi connectivity index (χ3v) is 3.99. The van der Waals surface area contributed by atoms with Crippen molar-refractivity contribution >= 4 is 12.4 Å².